The Balaban J connectivity index is 1.47. The first kappa shape index (κ1) is 20.8. The number of fused-ring (bicyclic) bond motifs is 1. The third-order valence-electron chi connectivity index (χ3n) is 5.55. The van der Waals surface area contributed by atoms with Crippen LogP contribution in [0.4, 0.5) is 5.95 Å². The topological polar surface area (TPSA) is 117 Å². The molecule has 1 unspecified atom stereocenters. The van der Waals surface area contributed by atoms with Gasteiger partial charge >= 0.3 is 0 Å². The van der Waals surface area contributed by atoms with Gasteiger partial charge in [0.25, 0.3) is 11.4 Å². The zero-order valence-corrected chi connectivity index (χ0v) is 17.9. The molecule has 1 atom stereocenters. The lowest BCUT2D eigenvalue weighted by atomic mass is 9.93. The number of anilines is 1. The van der Waals surface area contributed by atoms with E-state index in [1.165, 1.54) is 7.11 Å². The fourth-order valence-electron chi connectivity index (χ4n) is 3.84. The van der Waals surface area contributed by atoms with Crippen molar-refractivity contribution in [2.24, 2.45) is 0 Å². The molecule has 0 aliphatic carbocycles. The number of H-pyrrole nitrogens is 1. The molecule has 1 amide bonds. The fourth-order valence-corrected chi connectivity index (χ4v) is 3.84. The molecule has 3 aromatic heterocycles. The molecule has 164 valence electrons. The van der Waals surface area contributed by atoms with E-state index in [0.29, 0.717) is 54.4 Å². The molecule has 0 spiro atoms. The fraction of sp³-hybridized carbons (Fsp3) is 0.476. The summed E-state index contributed by atoms with van der Waals surface area (Å²) in [5.41, 5.74) is 1.21. The van der Waals surface area contributed by atoms with E-state index in [-0.39, 0.29) is 17.4 Å². The number of ether oxygens (including phenoxy) is 1. The van der Waals surface area contributed by atoms with Crippen LogP contribution in [0.1, 0.15) is 36.6 Å². The van der Waals surface area contributed by atoms with Crippen molar-refractivity contribution in [3.63, 3.8) is 0 Å². The van der Waals surface area contributed by atoms with Gasteiger partial charge in [-0.1, -0.05) is 0 Å². The van der Waals surface area contributed by atoms with Gasteiger partial charge in [-0.3, -0.25) is 9.59 Å². The minimum absolute atomic E-state index is 0.0537. The molecule has 0 radical (unpaired) electrons. The number of likely N-dealkylation sites (tertiary alicyclic amines) is 1. The number of carbonyl (C=O) groups is 1. The number of methoxy groups -OCH3 is 1. The lowest BCUT2D eigenvalue weighted by molar-refractivity contribution is -0.132. The molecule has 10 nitrogen and oxygen atoms in total. The minimum Gasteiger partial charge on any atom is -0.479 e. The van der Waals surface area contributed by atoms with Gasteiger partial charge < -0.3 is 24.0 Å². The van der Waals surface area contributed by atoms with Crippen LogP contribution in [0.2, 0.25) is 0 Å². The van der Waals surface area contributed by atoms with Crippen LogP contribution < -0.4 is 15.2 Å². The molecule has 1 saturated heterocycles. The van der Waals surface area contributed by atoms with Crippen molar-refractivity contribution in [2.45, 2.75) is 31.6 Å². The monoisotopic (exact) mass is 426 g/mol. The van der Waals surface area contributed by atoms with Crippen molar-refractivity contribution in [1.82, 2.24) is 25.0 Å². The first-order valence-corrected chi connectivity index (χ1v) is 10.3. The van der Waals surface area contributed by atoms with Gasteiger partial charge in [-0.15, -0.1) is 0 Å². The quantitative estimate of drug-likeness (QED) is 0.633. The third kappa shape index (κ3) is 4.52. The maximum Gasteiger partial charge on any atom is 0.259 e. The van der Waals surface area contributed by atoms with Gasteiger partial charge in [0, 0.05) is 63.9 Å². The standard InChI is InChI=1S/C21H26N6O4/c1-26(2)21-22-11-15-17(24-21)10-16(23-20(15)29)13-5-4-8-27(12-13)19(28)7-6-14-9-18(30-3)25-31-14/h9-11,13H,4-8,12H2,1-3H3,(H,23,29). The van der Waals surface area contributed by atoms with Crippen LogP contribution in [0.25, 0.3) is 10.9 Å². The Labute approximate surface area is 179 Å². The summed E-state index contributed by atoms with van der Waals surface area (Å²) in [5, 5.41) is 4.22. The van der Waals surface area contributed by atoms with Gasteiger partial charge in [-0.25, -0.2) is 9.97 Å². The van der Waals surface area contributed by atoms with E-state index in [2.05, 4.69) is 20.1 Å². The van der Waals surface area contributed by atoms with Crippen LogP contribution in [-0.4, -0.2) is 65.2 Å². The highest BCUT2D eigenvalue weighted by Gasteiger charge is 2.26. The number of hydrogen-bond acceptors (Lipinski definition) is 8. The van der Waals surface area contributed by atoms with Crippen molar-refractivity contribution in [2.75, 3.05) is 39.2 Å². The molecule has 0 bridgehead atoms. The number of nitrogens with zero attached hydrogens (tertiary/aromatic N) is 5. The smallest absolute Gasteiger partial charge is 0.259 e. The van der Waals surface area contributed by atoms with E-state index in [4.69, 9.17) is 9.26 Å². The summed E-state index contributed by atoms with van der Waals surface area (Å²) in [6.45, 7) is 1.27. The predicted molar refractivity (Wildman–Crippen MR) is 114 cm³/mol. The van der Waals surface area contributed by atoms with Gasteiger partial charge in [-0.05, 0) is 24.1 Å². The van der Waals surface area contributed by atoms with Crippen LogP contribution >= 0.6 is 0 Å². The summed E-state index contributed by atoms with van der Waals surface area (Å²) < 4.78 is 10.2. The Bertz CT molecular complexity index is 1140. The number of hydrogen-bond donors (Lipinski definition) is 1. The molecule has 4 rings (SSSR count). The molecular formula is C21H26N6O4. The lowest BCUT2D eigenvalue weighted by Crippen LogP contribution is -2.39. The maximum absolute atomic E-state index is 12.8. The van der Waals surface area contributed by atoms with E-state index in [0.717, 1.165) is 18.5 Å². The lowest BCUT2D eigenvalue weighted by Gasteiger charge is -2.33. The zero-order valence-electron chi connectivity index (χ0n) is 17.9. The second kappa shape index (κ2) is 8.75. The number of aromatic nitrogens is 4. The summed E-state index contributed by atoms with van der Waals surface area (Å²) in [4.78, 5) is 40.7. The molecule has 1 aliphatic rings. The molecule has 1 fully saturated rings. The molecule has 0 saturated carbocycles. The molecular weight excluding hydrogens is 400 g/mol. The SMILES string of the molecule is COc1cc(CCC(=O)N2CCCC(c3cc4nc(N(C)C)ncc4c(=O)[nH]3)C2)on1. The number of piperidine rings is 1. The molecule has 4 heterocycles. The van der Waals surface area contributed by atoms with Crippen molar-refractivity contribution < 1.29 is 14.1 Å². The van der Waals surface area contributed by atoms with Crippen LogP contribution in [0.5, 0.6) is 5.88 Å². The number of nitrogens with one attached hydrogen (secondary N) is 1. The van der Waals surface area contributed by atoms with Gasteiger partial charge in [0.2, 0.25) is 11.9 Å². The van der Waals surface area contributed by atoms with E-state index in [9.17, 15) is 9.59 Å². The van der Waals surface area contributed by atoms with E-state index in [1.54, 1.807) is 17.2 Å². The largest absolute Gasteiger partial charge is 0.479 e. The summed E-state index contributed by atoms with van der Waals surface area (Å²) in [6, 6.07) is 3.60. The second-order valence-electron chi connectivity index (χ2n) is 7.93. The number of pyridine rings is 1. The van der Waals surface area contributed by atoms with Crippen LogP contribution in [0.3, 0.4) is 0 Å². The first-order valence-electron chi connectivity index (χ1n) is 10.3. The number of aromatic amines is 1. The average molecular weight is 426 g/mol. The number of aryl methyl sites for hydroxylation is 1. The molecule has 1 aliphatic heterocycles. The predicted octanol–water partition coefficient (Wildman–Crippen LogP) is 1.72. The highest BCUT2D eigenvalue weighted by atomic mass is 16.5. The van der Waals surface area contributed by atoms with Crippen LogP contribution in [-0.2, 0) is 11.2 Å². The van der Waals surface area contributed by atoms with E-state index in [1.807, 2.05) is 25.1 Å². The third-order valence-corrected chi connectivity index (χ3v) is 5.55. The Morgan fingerprint density at radius 1 is 1.39 bits per heavy atom. The van der Waals surface area contributed by atoms with Crippen molar-refractivity contribution in [1.29, 1.82) is 0 Å². The van der Waals surface area contributed by atoms with Gasteiger partial charge in [0.15, 0.2) is 0 Å². The van der Waals surface area contributed by atoms with Crippen LogP contribution in [0, 0.1) is 0 Å². The van der Waals surface area contributed by atoms with Gasteiger partial charge in [0.1, 0.15) is 5.76 Å². The zero-order chi connectivity index (χ0) is 22.0. The number of amides is 1. The number of rotatable bonds is 6. The van der Waals surface area contributed by atoms with Crippen molar-refractivity contribution in [3.05, 3.63) is 40.1 Å². The highest BCUT2D eigenvalue weighted by molar-refractivity contribution is 5.78. The summed E-state index contributed by atoms with van der Waals surface area (Å²) in [6.07, 6.45) is 4.12. The van der Waals surface area contributed by atoms with Gasteiger partial charge in [-0.2, -0.15) is 0 Å². The van der Waals surface area contributed by atoms with E-state index >= 15 is 0 Å². The Morgan fingerprint density at radius 3 is 2.97 bits per heavy atom. The Hall–Kier alpha value is -3.43. The van der Waals surface area contributed by atoms with Crippen molar-refractivity contribution >= 4 is 22.8 Å². The second-order valence-corrected chi connectivity index (χ2v) is 7.93. The summed E-state index contributed by atoms with van der Waals surface area (Å²) in [5.74, 6) is 1.68. The summed E-state index contributed by atoms with van der Waals surface area (Å²) >= 11 is 0. The first-order chi connectivity index (χ1) is 14.9. The Morgan fingerprint density at radius 2 is 2.23 bits per heavy atom. The summed E-state index contributed by atoms with van der Waals surface area (Å²) in [7, 11) is 5.23. The van der Waals surface area contributed by atoms with Crippen LogP contribution in [0.15, 0.2) is 27.6 Å². The average Bonchev–Trinajstić information content (AvgIpc) is 3.25. The molecule has 0 aromatic carbocycles. The van der Waals surface area contributed by atoms with Crippen molar-refractivity contribution in [3.8, 4) is 5.88 Å². The Kier molecular flexibility index (Phi) is 5.88. The molecule has 10 heteroatoms. The molecule has 31 heavy (non-hydrogen) atoms. The maximum atomic E-state index is 12.8. The highest BCUT2D eigenvalue weighted by Crippen LogP contribution is 2.27. The normalized spacial score (nSPS) is 16.5. The minimum atomic E-state index is -0.208. The molecule has 3 aromatic rings. The van der Waals surface area contributed by atoms with Gasteiger partial charge in [0.05, 0.1) is 18.0 Å². The number of carbonyl (C=O) groups excluding carboxylic acids is 1. The van der Waals surface area contributed by atoms with E-state index < -0.39 is 0 Å². The molecule has 1 N–H and O–H groups in total.